The van der Waals surface area contributed by atoms with Crippen LogP contribution in [0.2, 0.25) is 5.02 Å². The Hall–Kier alpha value is -1.72. The van der Waals surface area contributed by atoms with Crippen LogP contribution < -0.4 is 0 Å². The molecule has 0 aliphatic heterocycles. The number of nitrogens with zero attached hydrogens (tertiary/aromatic N) is 1. The summed E-state index contributed by atoms with van der Waals surface area (Å²) in [5, 5.41) is 10.2. The summed E-state index contributed by atoms with van der Waals surface area (Å²) in [4.78, 5) is 26.6. The first-order valence-corrected chi connectivity index (χ1v) is 6.65. The lowest BCUT2D eigenvalue weighted by Crippen LogP contribution is -2.03. The fourth-order valence-electron chi connectivity index (χ4n) is 1.65. The van der Waals surface area contributed by atoms with Crippen LogP contribution in [0.1, 0.15) is 37.7 Å². The van der Waals surface area contributed by atoms with Crippen molar-refractivity contribution in [3.63, 3.8) is 0 Å². The number of thiazole rings is 1. The van der Waals surface area contributed by atoms with Gasteiger partial charge in [0.15, 0.2) is 11.5 Å². The lowest BCUT2D eigenvalue weighted by molar-refractivity contribution is 0.0687. The molecular formula is C13H10ClNO3S. The summed E-state index contributed by atoms with van der Waals surface area (Å²) in [6, 6.07) is 7.24. The Kier molecular flexibility index (Phi) is 3.97. The largest absolute Gasteiger partial charge is 0.476 e. The lowest BCUT2D eigenvalue weighted by Gasteiger charge is -1.97. The number of carbonyl (C=O) groups excluding carboxylic acids is 1. The number of aromatic carboxylic acids is 1. The van der Waals surface area contributed by atoms with Gasteiger partial charge in [-0.1, -0.05) is 23.7 Å². The van der Waals surface area contributed by atoms with E-state index in [0.717, 1.165) is 16.9 Å². The van der Waals surface area contributed by atoms with Crippen LogP contribution in [0.25, 0.3) is 0 Å². The van der Waals surface area contributed by atoms with E-state index in [1.807, 2.05) is 12.1 Å². The third-order valence-corrected chi connectivity index (χ3v) is 3.83. The molecule has 0 unspecified atom stereocenters. The number of Topliss-reactive ketones (excluding diaryl/α,β-unsaturated/α-hetero) is 1. The number of carboxylic acid groups (broad SMARTS) is 1. The van der Waals surface area contributed by atoms with Gasteiger partial charge < -0.3 is 5.11 Å². The van der Waals surface area contributed by atoms with Crippen molar-refractivity contribution in [2.45, 2.75) is 13.3 Å². The summed E-state index contributed by atoms with van der Waals surface area (Å²) in [6.07, 6.45) is 0.457. The Bertz CT molecular complexity index is 620. The number of carboxylic acids is 1. The van der Waals surface area contributed by atoms with Gasteiger partial charge in [0, 0.05) is 18.4 Å². The van der Waals surface area contributed by atoms with Crippen LogP contribution in [0.4, 0.5) is 0 Å². The highest BCUT2D eigenvalue weighted by Gasteiger charge is 2.20. The molecule has 0 saturated heterocycles. The number of aromatic nitrogens is 1. The SMILES string of the molecule is CC(=O)c1sc(Cc2cccc(Cl)c2)nc1C(=O)O. The van der Waals surface area contributed by atoms with Gasteiger partial charge in [-0.05, 0) is 17.7 Å². The molecule has 0 aliphatic carbocycles. The van der Waals surface area contributed by atoms with Gasteiger partial charge in [-0.2, -0.15) is 0 Å². The number of rotatable bonds is 4. The van der Waals surface area contributed by atoms with Crippen LogP contribution in [-0.2, 0) is 6.42 Å². The zero-order valence-electron chi connectivity index (χ0n) is 10.0. The predicted octanol–water partition coefficient (Wildman–Crippen LogP) is 3.29. The zero-order valence-corrected chi connectivity index (χ0v) is 11.6. The highest BCUT2D eigenvalue weighted by molar-refractivity contribution is 7.14. The van der Waals surface area contributed by atoms with E-state index >= 15 is 0 Å². The molecular weight excluding hydrogens is 286 g/mol. The zero-order chi connectivity index (χ0) is 14.0. The number of benzene rings is 1. The molecule has 1 aromatic carbocycles. The molecule has 0 bridgehead atoms. The summed E-state index contributed by atoms with van der Waals surface area (Å²) in [6.45, 7) is 1.34. The highest BCUT2D eigenvalue weighted by atomic mass is 35.5. The number of hydrogen-bond donors (Lipinski definition) is 1. The highest BCUT2D eigenvalue weighted by Crippen LogP contribution is 2.23. The molecule has 1 aromatic heterocycles. The summed E-state index contributed by atoms with van der Waals surface area (Å²) in [5.41, 5.74) is 0.753. The maximum Gasteiger partial charge on any atom is 0.356 e. The molecule has 0 amide bonds. The van der Waals surface area contributed by atoms with Gasteiger partial charge in [-0.3, -0.25) is 4.79 Å². The Morgan fingerprint density at radius 2 is 2.16 bits per heavy atom. The molecule has 2 rings (SSSR count). The third-order valence-electron chi connectivity index (χ3n) is 2.44. The van der Waals surface area contributed by atoms with E-state index in [0.29, 0.717) is 16.5 Å². The molecule has 0 saturated carbocycles. The first-order chi connectivity index (χ1) is 8.97. The second kappa shape index (κ2) is 5.50. The maximum absolute atomic E-state index is 11.4. The van der Waals surface area contributed by atoms with Crippen molar-refractivity contribution in [3.05, 3.63) is 50.4 Å². The van der Waals surface area contributed by atoms with Gasteiger partial charge in [0.1, 0.15) is 4.88 Å². The molecule has 4 nitrogen and oxygen atoms in total. The average molecular weight is 296 g/mol. The molecule has 2 aromatic rings. The first kappa shape index (κ1) is 13.7. The minimum atomic E-state index is -1.18. The summed E-state index contributed by atoms with van der Waals surface area (Å²) < 4.78 is 0. The van der Waals surface area contributed by atoms with Crippen LogP contribution in [0.3, 0.4) is 0 Å². The van der Waals surface area contributed by atoms with Gasteiger partial charge in [-0.15, -0.1) is 11.3 Å². The standard InChI is InChI=1S/C13H10ClNO3S/c1-7(16)12-11(13(17)18)15-10(19-12)6-8-3-2-4-9(14)5-8/h2-5H,6H2,1H3,(H,17,18). The Morgan fingerprint density at radius 3 is 2.68 bits per heavy atom. The minimum Gasteiger partial charge on any atom is -0.476 e. The van der Waals surface area contributed by atoms with Crippen molar-refractivity contribution in [1.82, 2.24) is 4.98 Å². The Balaban J connectivity index is 2.34. The molecule has 0 spiro atoms. The van der Waals surface area contributed by atoms with Crippen molar-refractivity contribution in [2.24, 2.45) is 0 Å². The molecule has 98 valence electrons. The second-order valence-electron chi connectivity index (χ2n) is 3.95. The maximum atomic E-state index is 11.4. The number of carbonyl (C=O) groups is 2. The molecule has 0 atom stereocenters. The fraction of sp³-hybridized carbons (Fsp3) is 0.154. The molecule has 0 radical (unpaired) electrons. The van der Waals surface area contributed by atoms with Crippen molar-refractivity contribution in [3.8, 4) is 0 Å². The summed E-state index contributed by atoms with van der Waals surface area (Å²) >= 11 is 7.00. The van der Waals surface area contributed by atoms with Crippen molar-refractivity contribution < 1.29 is 14.7 Å². The fourth-order valence-corrected chi connectivity index (χ4v) is 2.84. The van der Waals surface area contributed by atoms with E-state index in [1.165, 1.54) is 6.92 Å². The predicted molar refractivity (Wildman–Crippen MR) is 73.3 cm³/mol. The average Bonchev–Trinajstić information content (AvgIpc) is 2.73. The second-order valence-corrected chi connectivity index (χ2v) is 5.47. The van der Waals surface area contributed by atoms with Crippen molar-refractivity contribution >= 4 is 34.7 Å². The molecule has 19 heavy (non-hydrogen) atoms. The van der Waals surface area contributed by atoms with Crippen LogP contribution in [0.5, 0.6) is 0 Å². The minimum absolute atomic E-state index is 0.172. The van der Waals surface area contributed by atoms with Crippen LogP contribution in [0, 0.1) is 0 Å². The molecule has 6 heteroatoms. The van der Waals surface area contributed by atoms with E-state index < -0.39 is 5.97 Å². The molecule has 1 heterocycles. The van der Waals surface area contributed by atoms with Gasteiger partial charge in [-0.25, -0.2) is 9.78 Å². The molecule has 1 N–H and O–H groups in total. The summed E-state index contributed by atoms with van der Waals surface area (Å²) in [5.74, 6) is -1.47. The van der Waals surface area contributed by atoms with E-state index in [1.54, 1.807) is 12.1 Å². The van der Waals surface area contributed by atoms with Gasteiger partial charge >= 0.3 is 5.97 Å². The summed E-state index contributed by atoms with van der Waals surface area (Å²) in [7, 11) is 0. The number of ketones is 1. The van der Waals surface area contributed by atoms with Crippen LogP contribution in [-0.4, -0.2) is 21.8 Å². The van der Waals surface area contributed by atoms with Crippen molar-refractivity contribution in [2.75, 3.05) is 0 Å². The van der Waals surface area contributed by atoms with E-state index in [9.17, 15) is 9.59 Å². The van der Waals surface area contributed by atoms with Crippen molar-refractivity contribution in [1.29, 1.82) is 0 Å². The van der Waals surface area contributed by atoms with Crippen LogP contribution >= 0.6 is 22.9 Å². The Morgan fingerprint density at radius 1 is 1.42 bits per heavy atom. The Labute approximate surface area is 118 Å². The molecule has 0 fully saturated rings. The first-order valence-electron chi connectivity index (χ1n) is 5.45. The van der Waals surface area contributed by atoms with E-state index in [2.05, 4.69) is 4.98 Å². The van der Waals surface area contributed by atoms with Gasteiger partial charge in [0.2, 0.25) is 0 Å². The quantitative estimate of drug-likeness (QED) is 0.879. The van der Waals surface area contributed by atoms with E-state index in [-0.39, 0.29) is 16.4 Å². The lowest BCUT2D eigenvalue weighted by atomic mass is 10.2. The number of halogens is 1. The van der Waals surface area contributed by atoms with Crippen LogP contribution in [0.15, 0.2) is 24.3 Å². The topological polar surface area (TPSA) is 67.3 Å². The van der Waals surface area contributed by atoms with Gasteiger partial charge in [0.25, 0.3) is 0 Å². The molecule has 0 aliphatic rings. The van der Waals surface area contributed by atoms with Gasteiger partial charge in [0.05, 0.1) is 5.01 Å². The normalized spacial score (nSPS) is 10.4. The third kappa shape index (κ3) is 3.19. The smallest absolute Gasteiger partial charge is 0.356 e. The number of hydrogen-bond acceptors (Lipinski definition) is 4. The monoisotopic (exact) mass is 295 g/mol. The van der Waals surface area contributed by atoms with E-state index in [4.69, 9.17) is 16.7 Å².